The monoisotopic (exact) mass is 583 g/mol. The van der Waals surface area contributed by atoms with Crippen LogP contribution in [0.3, 0.4) is 0 Å². The Morgan fingerprint density at radius 3 is 2.59 bits per heavy atom. The SMILES string of the molecule is Cc1cc(C(F)(F)F)nc(-c2ccnc3cc(CN4C(=O)C5C(C4=O)C5(C)C)sc23)c1C(=O)N1C[C@@H]2CCN[C@@H]2C1. The van der Waals surface area contributed by atoms with E-state index >= 15 is 0 Å². The normalized spacial score (nSPS) is 26.7. The molecule has 3 aromatic heterocycles. The first-order valence-electron chi connectivity index (χ1n) is 13.7. The number of nitrogens with zero attached hydrogens (tertiary/aromatic N) is 4. The van der Waals surface area contributed by atoms with Gasteiger partial charge in [0, 0.05) is 35.8 Å². The van der Waals surface area contributed by atoms with Crippen molar-refractivity contribution in [3.05, 3.63) is 46.1 Å². The lowest BCUT2D eigenvalue weighted by molar-refractivity contribution is -0.144. The van der Waals surface area contributed by atoms with Gasteiger partial charge >= 0.3 is 6.18 Å². The molecule has 41 heavy (non-hydrogen) atoms. The van der Waals surface area contributed by atoms with Crippen LogP contribution in [-0.2, 0) is 22.3 Å². The molecule has 4 aliphatic rings. The Kier molecular flexibility index (Phi) is 5.70. The van der Waals surface area contributed by atoms with Crippen LogP contribution in [0.25, 0.3) is 21.5 Å². The minimum absolute atomic E-state index is 0.0375. The lowest BCUT2D eigenvalue weighted by atomic mass is 9.99. The van der Waals surface area contributed by atoms with Crippen molar-refractivity contribution in [2.75, 3.05) is 19.6 Å². The van der Waals surface area contributed by atoms with E-state index in [0.29, 0.717) is 39.7 Å². The standard InChI is InChI=1S/C29H28F3N5O3S/c1-13-8-19(29(30,31)32)35-23(20(13)25(38)36-10-14-4-6-34-18(14)12-36)16-5-7-33-17-9-15(41-24(16)17)11-37-26(39)21-22(27(37)40)28(21,2)3/h5,7-9,14,18,21-22,34H,4,6,10-12H2,1-3H3/t14-,18+,21?,22?/m0/s1. The van der Waals surface area contributed by atoms with Crippen LogP contribution in [0.15, 0.2) is 24.4 Å². The number of carbonyl (C=O) groups excluding carboxylic acids is 3. The van der Waals surface area contributed by atoms with Crippen molar-refractivity contribution >= 4 is 39.3 Å². The highest BCUT2D eigenvalue weighted by Gasteiger charge is 2.72. The Balaban J connectivity index is 1.29. The van der Waals surface area contributed by atoms with Crippen molar-refractivity contribution in [2.45, 2.75) is 46.0 Å². The van der Waals surface area contributed by atoms with Crippen molar-refractivity contribution in [3.8, 4) is 11.3 Å². The van der Waals surface area contributed by atoms with E-state index in [9.17, 15) is 27.6 Å². The molecule has 214 valence electrons. The molecule has 2 unspecified atom stereocenters. The molecule has 7 rings (SSSR count). The number of fused-ring (bicyclic) bond motifs is 3. The van der Waals surface area contributed by atoms with Gasteiger partial charge < -0.3 is 10.2 Å². The molecule has 3 aromatic rings. The number of aryl methyl sites for hydroxylation is 1. The highest BCUT2D eigenvalue weighted by Crippen LogP contribution is 2.63. The molecular weight excluding hydrogens is 555 g/mol. The molecule has 1 aliphatic carbocycles. The number of hydrogen-bond acceptors (Lipinski definition) is 7. The fourth-order valence-corrected chi connectivity index (χ4v) is 8.14. The highest BCUT2D eigenvalue weighted by atomic mass is 32.1. The number of imide groups is 1. The number of carbonyl (C=O) groups is 3. The molecule has 0 spiro atoms. The maximum Gasteiger partial charge on any atom is 0.433 e. The van der Waals surface area contributed by atoms with Gasteiger partial charge in [0.1, 0.15) is 5.69 Å². The van der Waals surface area contributed by atoms with Crippen LogP contribution in [0, 0.1) is 30.1 Å². The molecular formula is C29H28F3N5O3S. The molecule has 3 amide bonds. The summed E-state index contributed by atoms with van der Waals surface area (Å²) in [5.74, 6) is -1.00. The van der Waals surface area contributed by atoms with Crippen LogP contribution in [-0.4, -0.2) is 63.2 Å². The number of halogens is 3. The summed E-state index contributed by atoms with van der Waals surface area (Å²) >= 11 is 1.25. The Morgan fingerprint density at radius 2 is 1.90 bits per heavy atom. The largest absolute Gasteiger partial charge is 0.433 e. The van der Waals surface area contributed by atoms with E-state index in [1.165, 1.54) is 29.4 Å². The fourth-order valence-electron chi connectivity index (χ4n) is 7.02. The van der Waals surface area contributed by atoms with Crippen LogP contribution in [0.2, 0.25) is 0 Å². The van der Waals surface area contributed by atoms with E-state index in [1.807, 2.05) is 13.8 Å². The van der Waals surface area contributed by atoms with E-state index in [4.69, 9.17) is 0 Å². The number of nitrogens with one attached hydrogen (secondary N) is 1. The third-order valence-corrected chi connectivity index (χ3v) is 10.4. The molecule has 8 nitrogen and oxygen atoms in total. The third-order valence-electron chi connectivity index (χ3n) is 9.29. The number of amides is 3. The molecule has 12 heteroatoms. The van der Waals surface area contributed by atoms with Crippen LogP contribution < -0.4 is 5.32 Å². The lowest BCUT2D eigenvalue weighted by Crippen LogP contribution is -2.35. The number of rotatable bonds is 4. The summed E-state index contributed by atoms with van der Waals surface area (Å²) in [7, 11) is 0. The van der Waals surface area contributed by atoms with Gasteiger partial charge in [-0.3, -0.25) is 24.3 Å². The third kappa shape index (κ3) is 4.01. The zero-order valence-electron chi connectivity index (χ0n) is 22.7. The molecule has 0 bridgehead atoms. The van der Waals surface area contributed by atoms with Gasteiger partial charge in [0.25, 0.3) is 5.91 Å². The molecule has 3 aliphatic heterocycles. The predicted molar refractivity (Wildman–Crippen MR) is 145 cm³/mol. The van der Waals surface area contributed by atoms with Gasteiger partial charge in [0.15, 0.2) is 0 Å². The van der Waals surface area contributed by atoms with Gasteiger partial charge in [-0.2, -0.15) is 13.2 Å². The summed E-state index contributed by atoms with van der Waals surface area (Å²) in [6.07, 6.45) is -2.27. The van der Waals surface area contributed by atoms with Gasteiger partial charge in [0.2, 0.25) is 11.8 Å². The van der Waals surface area contributed by atoms with E-state index < -0.39 is 11.9 Å². The van der Waals surface area contributed by atoms with Crippen molar-refractivity contribution in [1.29, 1.82) is 0 Å². The zero-order chi connectivity index (χ0) is 29.0. The Hall–Kier alpha value is -3.38. The minimum atomic E-state index is -4.70. The molecule has 0 radical (unpaired) electrons. The molecule has 4 fully saturated rings. The topological polar surface area (TPSA) is 95.5 Å². The van der Waals surface area contributed by atoms with Crippen LogP contribution >= 0.6 is 11.3 Å². The average Bonchev–Trinajstić information content (AvgIpc) is 3.44. The molecule has 6 heterocycles. The van der Waals surface area contributed by atoms with Crippen molar-refractivity contribution in [2.24, 2.45) is 23.2 Å². The number of alkyl halides is 3. The first kappa shape index (κ1) is 26.5. The Bertz CT molecular complexity index is 1610. The zero-order valence-corrected chi connectivity index (χ0v) is 23.5. The maximum atomic E-state index is 13.9. The van der Waals surface area contributed by atoms with E-state index in [1.54, 1.807) is 17.0 Å². The van der Waals surface area contributed by atoms with Gasteiger partial charge in [-0.1, -0.05) is 13.8 Å². The van der Waals surface area contributed by atoms with Crippen molar-refractivity contribution in [1.82, 2.24) is 25.1 Å². The summed E-state index contributed by atoms with van der Waals surface area (Å²) in [5.41, 5.74) is -0.212. The molecule has 1 saturated carbocycles. The first-order chi connectivity index (χ1) is 19.4. The van der Waals surface area contributed by atoms with Crippen LogP contribution in [0.4, 0.5) is 13.2 Å². The smallest absolute Gasteiger partial charge is 0.337 e. The summed E-state index contributed by atoms with van der Waals surface area (Å²) in [4.78, 5) is 51.7. The van der Waals surface area contributed by atoms with Gasteiger partial charge in [-0.25, -0.2) is 4.98 Å². The van der Waals surface area contributed by atoms with Gasteiger partial charge in [-0.05, 0) is 55.0 Å². The number of piperidine rings is 1. The molecule has 1 N–H and O–H groups in total. The van der Waals surface area contributed by atoms with Crippen molar-refractivity contribution < 1.29 is 27.6 Å². The molecule has 0 aromatic carbocycles. The van der Waals surface area contributed by atoms with Crippen LogP contribution in [0.5, 0.6) is 0 Å². The average molecular weight is 584 g/mol. The minimum Gasteiger partial charge on any atom is -0.337 e. The summed E-state index contributed by atoms with van der Waals surface area (Å²) in [6, 6.07) is 4.44. The second-order valence-electron chi connectivity index (χ2n) is 12.2. The molecule has 3 saturated heterocycles. The number of thiophene rings is 1. The fraction of sp³-hybridized carbons (Fsp3) is 0.483. The van der Waals surface area contributed by atoms with E-state index in [2.05, 4.69) is 15.3 Å². The molecule has 4 atom stereocenters. The first-order valence-corrected chi connectivity index (χ1v) is 14.5. The van der Waals surface area contributed by atoms with Gasteiger partial charge in [0.05, 0.1) is 39.9 Å². The van der Waals surface area contributed by atoms with E-state index in [-0.39, 0.29) is 64.4 Å². The Labute approximate surface area is 237 Å². The van der Waals surface area contributed by atoms with Crippen LogP contribution in [0.1, 0.15) is 46.8 Å². The summed E-state index contributed by atoms with van der Waals surface area (Å²) in [5, 5.41) is 3.40. The number of aromatic nitrogens is 2. The summed E-state index contributed by atoms with van der Waals surface area (Å²) < 4.78 is 42.3. The second-order valence-corrected chi connectivity index (χ2v) is 13.3. The highest BCUT2D eigenvalue weighted by molar-refractivity contribution is 7.19. The second kappa shape index (κ2) is 8.81. The predicted octanol–water partition coefficient (Wildman–Crippen LogP) is 4.26. The van der Waals surface area contributed by atoms with Gasteiger partial charge in [-0.15, -0.1) is 11.3 Å². The van der Waals surface area contributed by atoms with Crippen molar-refractivity contribution in [3.63, 3.8) is 0 Å². The number of likely N-dealkylation sites (tertiary alicyclic amines) is 2. The lowest BCUT2D eigenvalue weighted by Gasteiger charge is -2.22. The maximum absolute atomic E-state index is 13.9. The van der Waals surface area contributed by atoms with E-state index in [0.717, 1.165) is 19.0 Å². The summed E-state index contributed by atoms with van der Waals surface area (Å²) in [6.45, 7) is 7.35. The number of pyridine rings is 2. The number of hydrogen-bond donors (Lipinski definition) is 1. The quantitative estimate of drug-likeness (QED) is 0.462. The Morgan fingerprint density at radius 1 is 1.17 bits per heavy atom.